The summed E-state index contributed by atoms with van der Waals surface area (Å²) in [7, 11) is 1.80. The van der Waals surface area contributed by atoms with Gasteiger partial charge in [0, 0.05) is 12.6 Å². The molecule has 124 valence electrons. The predicted octanol–water partition coefficient (Wildman–Crippen LogP) is 4.77. The van der Waals surface area contributed by atoms with Gasteiger partial charge in [-0.3, -0.25) is 4.68 Å². The first kappa shape index (κ1) is 16.4. The summed E-state index contributed by atoms with van der Waals surface area (Å²) in [6.45, 7) is 3.74. The van der Waals surface area contributed by atoms with Crippen LogP contribution in [0, 0.1) is 25.5 Å². The van der Waals surface area contributed by atoms with Crippen LogP contribution in [0.1, 0.15) is 22.4 Å². The van der Waals surface area contributed by atoms with Crippen molar-refractivity contribution in [1.82, 2.24) is 9.78 Å². The maximum Gasteiger partial charge on any atom is 0.132 e. The minimum Gasteiger partial charge on any atom is -0.268 e. The predicted molar refractivity (Wildman–Crippen MR) is 91.9 cm³/mol. The minimum atomic E-state index is -0.278. The van der Waals surface area contributed by atoms with Crippen LogP contribution in [0.2, 0.25) is 0 Å². The first-order valence-electron chi connectivity index (χ1n) is 7.98. The summed E-state index contributed by atoms with van der Waals surface area (Å²) < 4.78 is 30.0. The van der Waals surface area contributed by atoms with Gasteiger partial charge in [-0.25, -0.2) is 8.78 Å². The Morgan fingerprint density at radius 1 is 0.917 bits per heavy atom. The van der Waals surface area contributed by atoms with Gasteiger partial charge >= 0.3 is 0 Å². The second kappa shape index (κ2) is 6.56. The lowest BCUT2D eigenvalue weighted by Crippen LogP contribution is -1.98. The second-order valence-electron chi connectivity index (χ2n) is 6.20. The maximum absolute atomic E-state index is 14.5. The Kier molecular flexibility index (Phi) is 4.47. The molecule has 0 radical (unpaired) electrons. The van der Waals surface area contributed by atoms with Crippen molar-refractivity contribution in [3.05, 3.63) is 76.5 Å². The third-order valence-corrected chi connectivity index (χ3v) is 4.20. The first-order chi connectivity index (χ1) is 11.4. The summed E-state index contributed by atoms with van der Waals surface area (Å²) in [6.07, 6.45) is 1.15. The van der Waals surface area contributed by atoms with E-state index in [0.29, 0.717) is 24.0 Å². The van der Waals surface area contributed by atoms with Crippen molar-refractivity contribution in [2.45, 2.75) is 26.7 Å². The second-order valence-corrected chi connectivity index (χ2v) is 6.20. The number of benzene rings is 2. The molecule has 2 nitrogen and oxygen atoms in total. The molecule has 0 bridgehead atoms. The van der Waals surface area contributed by atoms with Crippen molar-refractivity contribution in [2.75, 3.05) is 0 Å². The Hall–Kier alpha value is -2.49. The Labute approximate surface area is 140 Å². The van der Waals surface area contributed by atoms with Crippen LogP contribution < -0.4 is 0 Å². The number of nitrogens with zero attached hydrogens (tertiary/aromatic N) is 2. The molecular formula is C20H20F2N2. The molecule has 24 heavy (non-hydrogen) atoms. The van der Waals surface area contributed by atoms with Crippen molar-refractivity contribution in [3.8, 4) is 11.3 Å². The van der Waals surface area contributed by atoms with E-state index in [1.807, 2.05) is 32.0 Å². The van der Waals surface area contributed by atoms with Crippen molar-refractivity contribution < 1.29 is 8.78 Å². The Morgan fingerprint density at radius 2 is 1.71 bits per heavy atom. The standard InChI is InChI=1S/C20H20F2N2/c1-13-4-7-16(18(21)10-13)8-5-15-6-9-17(19(22)12-15)20-11-14(2)23-24(20)3/h4,6-7,9-12H,5,8H2,1-3H3. The van der Waals surface area contributed by atoms with Gasteiger partial charge in [-0.05, 0) is 67.6 Å². The number of halogens is 2. The zero-order valence-electron chi connectivity index (χ0n) is 14.1. The Bertz CT molecular complexity index is 881. The van der Waals surface area contributed by atoms with Crippen LogP contribution in [-0.4, -0.2) is 9.78 Å². The average Bonchev–Trinajstić information content (AvgIpc) is 2.85. The molecule has 0 fully saturated rings. The summed E-state index contributed by atoms with van der Waals surface area (Å²) in [5.41, 5.74) is 4.55. The number of aromatic nitrogens is 2. The largest absolute Gasteiger partial charge is 0.268 e. The van der Waals surface area contributed by atoms with Crippen LogP contribution in [0.4, 0.5) is 8.78 Å². The Balaban J connectivity index is 1.78. The van der Waals surface area contributed by atoms with Gasteiger partial charge in [0.15, 0.2) is 0 Å². The molecule has 0 N–H and O–H groups in total. The fraction of sp³-hybridized carbons (Fsp3) is 0.250. The number of aryl methyl sites for hydroxylation is 5. The van der Waals surface area contributed by atoms with E-state index >= 15 is 0 Å². The molecule has 1 heterocycles. The highest BCUT2D eigenvalue weighted by Crippen LogP contribution is 2.24. The van der Waals surface area contributed by atoms with Gasteiger partial charge < -0.3 is 0 Å². The maximum atomic E-state index is 14.5. The van der Waals surface area contributed by atoms with Gasteiger partial charge in [-0.2, -0.15) is 5.10 Å². The smallest absolute Gasteiger partial charge is 0.132 e. The van der Waals surface area contributed by atoms with Crippen molar-refractivity contribution in [3.63, 3.8) is 0 Å². The van der Waals surface area contributed by atoms with Crippen LogP contribution in [0.3, 0.4) is 0 Å². The molecule has 1 aromatic heterocycles. The molecule has 0 saturated carbocycles. The summed E-state index contributed by atoms with van der Waals surface area (Å²) in [5.74, 6) is -0.475. The summed E-state index contributed by atoms with van der Waals surface area (Å²) >= 11 is 0. The third-order valence-electron chi connectivity index (χ3n) is 4.20. The van der Waals surface area contributed by atoms with Crippen molar-refractivity contribution >= 4 is 0 Å². The Morgan fingerprint density at radius 3 is 2.33 bits per heavy atom. The number of rotatable bonds is 4. The van der Waals surface area contributed by atoms with E-state index in [1.165, 1.54) is 12.1 Å². The number of hydrogen-bond donors (Lipinski definition) is 0. The number of hydrogen-bond acceptors (Lipinski definition) is 1. The molecule has 0 unspecified atom stereocenters. The molecule has 3 aromatic rings. The fourth-order valence-corrected chi connectivity index (χ4v) is 2.92. The molecule has 0 aliphatic carbocycles. The SMILES string of the molecule is Cc1ccc(CCc2ccc(-c3cc(C)nn3C)c(F)c2)c(F)c1. The van der Waals surface area contributed by atoms with Crippen LogP contribution >= 0.6 is 0 Å². The summed E-state index contributed by atoms with van der Waals surface area (Å²) in [4.78, 5) is 0. The zero-order valence-corrected chi connectivity index (χ0v) is 14.1. The van der Waals surface area contributed by atoms with Crippen molar-refractivity contribution in [2.24, 2.45) is 7.05 Å². The first-order valence-corrected chi connectivity index (χ1v) is 7.98. The van der Waals surface area contributed by atoms with E-state index in [2.05, 4.69) is 5.10 Å². The van der Waals surface area contributed by atoms with E-state index in [0.717, 1.165) is 22.5 Å². The van der Waals surface area contributed by atoms with Gasteiger partial charge in [-0.15, -0.1) is 0 Å². The van der Waals surface area contributed by atoms with Gasteiger partial charge in [0.2, 0.25) is 0 Å². The van der Waals surface area contributed by atoms with E-state index < -0.39 is 0 Å². The van der Waals surface area contributed by atoms with E-state index in [1.54, 1.807) is 23.9 Å². The lowest BCUT2D eigenvalue weighted by atomic mass is 10.0. The van der Waals surface area contributed by atoms with Crippen molar-refractivity contribution in [1.29, 1.82) is 0 Å². The minimum absolute atomic E-state index is 0.197. The average molecular weight is 326 g/mol. The van der Waals surface area contributed by atoms with Crippen LogP contribution in [-0.2, 0) is 19.9 Å². The molecule has 0 spiro atoms. The van der Waals surface area contributed by atoms with Crippen LogP contribution in [0.15, 0.2) is 42.5 Å². The third kappa shape index (κ3) is 3.37. The highest BCUT2D eigenvalue weighted by atomic mass is 19.1. The molecule has 4 heteroatoms. The summed E-state index contributed by atoms with van der Waals surface area (Å²) in [5, 5.41) is 4.25. The topological polar surface area (TPSA) is 17.8 Å². The molecular weight excluding hydrogens is 306 g/mol. The summed E-state index contributed by atoms with van der Waals surface area (Å²) in [6, 6.07) is 12.3. The lowest BCUT2D eigenvalue weighted by molar-refractivity contribution is 0.606. The van der Waals surface area contributed by atoms with Gasteiger partial charge in [0.25, 0.3) is 0 Å². The molecule has 0 aliphatic rings. The van der Waals surface area contributed by atoms with Gasteiger partial charge in [0.05, 0.1) is 11.4 Å². The molecule has 3 rings (SSSR count). The molecule has 0 aliphatic heterocycles. The fourth-order valence-electron chi connectivity index (χ4n) is 2.92. The highest BCUT2D eigenvalue weighted by Gasteiger charge is 2.11. The van der Waals surface area contributed by atoms with Crippen LogP contribution in [0.25, 0.3) is 11.3 Å². The van der Waals surface area contributed by atoms with E-state index in [-0.39, 0.29) is 11.6 Å². The van der Waals surface area contributed by atoms with E-state index in [9.17, 15) is 8.78 Å². The normalized spacial score (nSPS) is 11.0. The zero-order chi connectivity index (χ0) is 17.3. The monoisotopic (exact) mass is 326 g/mol. The molecule has 0 saturated heterocycles. The molecule has 2 aromatic carbocycles. The molecule has 0 atom stereocenters. The highest BCUT2D eigenvalue weighted by molar-refractivity contribution is 5.61. The van der Waals surface area contributed by atoms with Gasteiger partial charge in [-0.1, -0.05) is 18.2 Å². The van der Waals surface area contributed by atoms with Crippen LogP contribution in [0.5, 0.6) is 0 Å². The lowest BCUT2D eigenvalue weighted by Gasteiger charge is -2.08. The van der Waals surface area contributed by atoms with Gasteiger partial charge in [0.1, 0.15) is 11.6 Å². The van der Waals surface area contributed by atoms with E-state index in [4.69, 9.17) is 0 Å². The molecule has 0 amide bonds. The quantitative estimate of drug-likeness (QED) is 0.675.